The molecule has 0 bridgehead atoms. The number of H-pyrrole nitrogens is 1. The third-order valence-electron chi connectivity index (χ3n) is 4.35. The number of benzene rings is 2. The number of aromatic nitrogens is 1. The monoisotopic (exact) mass is 394 g/mol. The molecule has 3 rings (SSSR count). The van der Waals surface area contributed by atoms with Crippen molar-refractivity contribution < 1.29 is 19.1 Å². The van der Waals surface area contributed by atoms with Gasteiger partial charge in [-0.05, 0) is 54.3 Å². The van der Waals surface area contributed by atoms with Gasteiger partial charge < -0.3 is 19.8 Å². The van der Waals surface area contributed by atoms with Crippen molar-refractivity contribution in [2.75, 3.05) is 14.2 Å². The Morgan fingerprint density at radius 1 is 1.07 bits per heavy atom. The predicted molar refractivity (Wildman–Crippen MR) is 111 cm³/mol. The van der Waals surface area contributed by atoms with Crippen LogP contribution in [0.25, 0.3) is 10.9 Å². The summed E-state index contributed by atoms with van der Waals surface area (Å²) in [5.41, 5.74) is 4.66. The van der Waals surface area contributed by atoms with Crippen molar-refractivity contribution in [2.45, 2.75) is 13.0 Å². The molecule has 1 heterocycles. The minimum Gasteiger partial charge on any atom is -0.493 e. The molecule has 0 aliphatic rings. The lowest BCUT2D eigenvalue weighted by Crippen LogP contribution is -2.43. The van der Waals surface area contributed by atoms with Crippen LogP contribution in [0.4, 0.5) is 0 Å². The molecule has 8 heteroatoms. The van der Waals surface area contributed by atoms with Gasteiger partial charge in [-0.25, -0.2) is 5.43 Å². The first-order valence-electron chi connectivity index (χ1n) is 8.94. The number of fused-ring (bicyclic) bond motifs is 1. The lowest BCUT2D eigenvalue weighted by atomic mass is 10.1. The molecule has 3 N–H and O–H groups in total. The maximum Gasteiger partial charge on any atom is 0.262 e. The second-order valence-electron chi connectivity index (χ2n) is 6.32. The average molecular weight is 394 g/mol. The first-order valence-corrected chi connectivity index (χ1v) is 8.94. The van der Waals surface area contributed by atoms with Gasteiger partial charge in [0, 0.05) is 17.3 Å². The molecule has 0 radical (unpaired) electrons. The number of carbonyl (C=O) groups excluding carboxylic acids is 2. The minimum absolute atomic E-state index is 0.352. The Morgan fingerprint density at radius 3 is 2.62 bits per heavy atom. The van der Waals surface area contributed by atoms with Gasteiger partial charge in [-0.15, -0.1) is 0 Å². The highest BCUT2D eigenvalue weighted by Gasteiger charge is 2.17. The second-order valence-corrected chi connectivity index (χ2v) is 6.32. The number of ether oxygens (including phenoxy) is 2. The van der Waals surface area contributed by atoms with Gasteiger partial charge in [-0.1, -0.05) is 6.07 Å². The molecular formula is C21H22N4O4. The zero-order valence-electron chi connectivity index (χ0n) is 16.4. The molecule has 150 valence electrons. The molecule has 0 aliphatic heterocycles. The van der Waals surface area contributed by atoms with Crippen LogP contribution in [0.3, 0.4) is 0 Å². The predicted octanol–water partition coefficient (Wildman–Crippen LogP) is 2.45. The number of aromatic amines is 1. The lowest BCUT2D eigenvalue weighted by molar-refractivity contribution is -0.122. The van der Waals surface area contributed by atoms with E-state index in [0.717, 1.165) is 16.5 Å². The molecular weight excluding hydrogens is 372 g/mol. The van der Waals surface area contributed by atoms with E-state index < -0.39 is 17.9 Å². The van der Waals surface area contributed by atoms with Gasteiger partial charge in [0.1, 0.15) is 6.04 Å². The topological polar surface area (TPSA) is 105 Å². The van der Waals surface area contributed by atoms with Crippen LogP contribution in [0, 0.1) is 0 Å². The SMILES string of the molecule is COc1ccc(C(=O)NC(C)C(=O)NN=Cc2ccc3[nH]ccc3c2)cc1OC. The highest BCUT2D eigenvalue weighted by molar-refractivity contribution is 5.98. The van der Waals surface area contributed by atoms with E-state index in [0.29, 0.717) is 17.1 Å². The Labute approximate surface area is 167 Å². The molecule has 1 unspecified atom stereocenters. The Morgan fingerprint density at radius 2 is 1.86 bits per heavy atom. The number of rotatable bonds is 7. The van der Waals surface area contributed by atoms with Crippen LogP contribution < -0.4 is 20.2 Å². The highest BCUT2D eigenvalue weighted by Crippen LogP contribution is 2.27. The van der Waals surface area contributed by atoms with Gasteiger partial charge in [-0.2, -0.15) is 5.10 Å². The molecule has 1 aromatic heterocycles. The maximum absolute atomic E-state index is 12.4. The fourth-order valence-corrected chi connectivity index (χ4v) is 2.74. The van der Waals surface area contributed by atoms with Crippen molar-refractivity contribution in [1.82, 2.24) is 15.7 Å². The fourth-order valence-electron chi connectivity index (χ4n) is 2.74. The first-order chi connectivity index (χ1) is 14.0. The lowest BCUT2D eigenvalue weighted by Gasteiger charge is -2.13. The van der Waals surface area contributed by atoms with Crippen LogP contribution in [-0.2, 0) is 4.79 Å². The van der Waals surface area contributed by atoms with Crippen molar-refractivity contribution in [2.24, 2.45) is 5.10 Å². The van der Waals surface area contributed by atoms with Gasteiger partial charge in [0.2, 0.25) is 0 Å². The molecule has 0 saturated heterocycles. The number of amides is 2. The molecule has 0 saturated carbocycles. The number of methoxy groups -OCH3 is 2. The molecule has 1 atom stereocenters. The molecule has 8 nitrogen and oxygen atoms in total. The molecule has 29 heavy (non-hydrogen) atoms. The summed E-state index contributed by atoms with van der Waals surface area (Å²) in [6, 6.07) is 11.7. The second kappa shape index (κ2) is 8.92. The summed E-state index contributed by atoms with van der Waals surface area (Å²) >= 11 is 0. The third-order valence-corrected chi connectivity index (χ3v) is 4.35. The van der Waals surface area contributed by atoms with Crippen LogP contribution in [-0.4, -0.2) is 43.3 Å². The molecule has 0 spiro atoms. The molecule has 2 amide bonds. The van der Waals surface area contributed by atoms with E-state index in [1.54, 1.807) is 31.3 Å². The van der Waals surface area contributed by atoms with Crippen LogP contribution in [0.2, 0.25) is 0 Å². The van der Waals surface area contributed by atoms with Gasteiger partial charge in [0.25, 0.3) is 11.8 Å². The average Bonchev–Trinajstić information content (AvgIpc) is 3.20. The molecule has 3 aromatic rings. The normalized spacial score (nSPS) is 12.0. The number of carbonyl (C=O) groups is 2. The summed E-state index contributed by atoms with van der Waals surface area (Å²) in [5.74, 6) is 0.108. The Hall–Kier alpha value is -3.81. The summed E-state index contributed by atoms with van der Waals surface area (Å²) in [5, 5.41) is 7.64. The van der Waals surface area contributed by atoms with E-state index in [4.69, 9.17) is 9.47 Å². The van der Waals surface area contributed by atoms with Crippen molar-refractivity contribution in [1.29, 1.82) is 0 Å². The van der Waals surface area contributed by atoms with Crippen molar-refractivity contribution >= 4 is 28.9 Å². The van der Waals surface area contributed by atoms with Gasteiger partial charge in [0.05, 0.1) is 20.4 Å². The van der Waals surface area contributed by atoms with Gasteiger partial charge in [-0.3, -0.25) is 9.59 Å². The molecule has 0 fully saturated rings. The van der Waals surface area contributed by atoms with Crippen LogP contribution in [0.5, 0.6) is 11.5 Å². The molecule has 0 aliphatic carbocycles. The van der Waals surface area contributed by atoms with E-state index >= 15 is 0 Å². The summed E-state index contributed by atoms with van der Waals surface area (Å²) < 4.78 is 10.3. The van der Waals surface area contributed by atoms with E-state index in [-0.39, 0.29) is 0 Å². The largest absolute Gasteiger partial charge is 0.493 e. The van der Waals surface area contributed by atoms with E-state index in [1.165, 1.54) is 14.2 Å². The third kappa shape index (κ3) is 4.73. The summed E-state index contributed by atoms with van der Waals surface area (Å²) in [6.07, 6.45) is 3.41. The number of nitrogens with one attached hydrogen (secondary N) is 3. The standard InChI is InChI=1S/C21H22N4O4/c1-13(24-21(27)16-5-7-18(28-2)19(11-16)29-3)20(26)25-23-12-14-4-6-17-15(10-14)8-9-22-17/h4-13,22H,1-3H3,(H,24,27)(H,25,26). The van der Waals surface area contributed by atoms with Crippen molar-refractivity contribution in [3.05, 3.63) is 59.8 Å². The number of hydrogen-bond acceptors (Lipinski definition) is 5. The van der Waals surface area contributed by atoms with Gasteiger partial charge in [0.15, 0.2) is 11.5 Å². The summed E-state index contributed by atoms with van der Waals surface area (Å²) in [4.78, 5) is 27.7. The Bertz CT molecular complexity index is 1060. The number of hydrazone groups is 1. The van der Waals surface area contributed by atoms with E-state index in [1.807, 2.05) is 30.5 Å². The first kappa shape index (κ1) is 19.9. The highest BCUT2D eigenvalue weighted by atomic mass is 16.5. The van der Waals surface area contributed by atoms with Gasteiger partial charge >= 0.3 is 0 Å². The summed E-state index contributed by atoms with van der Waals surface area (Å²) in [6.45, 7) is 1.58. The smallest absolute Gasteiger partial charge is 0.262 e. The number of nitrogens with zero attached hydrogens (tertiary/aromatic N) is 1. The van der Waals surface area contributed by atoms with E-state index in [9.17, 15) is 9.59 Å². The zero-order valence-corrected chi connectivity index (χ0v) is 16.4. The quantitative estimate of drug-likeness (QED) is 0.423. The van der Waals surface area contributed by atoms with Crippen molar-refractivity contribution in [3.63, 3.8) is 0 Å². The van der Waals surface area contributed by atoms with E-state index in [2.05, 4.69) is 20.8 Å². The molecule has 2 aromatic carbocycles. The maximum atomic E-state index is 12.4. The van der Waals surface area contributed by atoms with Crippen LogP contribution in [0.15, 0.2) is 53.8 Å². The Kier molecular flexibility index (Phi) is 6.13. The Balaban J connectivity index is 1.57. The fraction of sp³-hybridized carbons (Fsp3) is 0.190. The summed E-state index contributed by atoms with van der Waals surface area (Å²) in [7, 11) is 3.00. The zero-order chi connectivity index (χ0) is 20.8. The van der Waals surface area contributed by atoms with Crippen LogP contribution >= 0.6 is 0 Å². The van der Waals surface area contributed by atoms with Crippen molar-refractivity contribution in [3.8, 4) is 11.5 Å². The minimum atomic E-state index is -0.778. The number of hydrogen-bond donors (Lipinski definition) is 3. The van der Waals surface area contributed by atoms with Crippen LogP contribution in [0.1, 0.15) is 22.8 Å².